The Kier molecular flexibility index (Phi) is 7.20. The van der Waals surface area contributed by atoms with Crippen molar-refractivity contribution in [2.75, 3.05) is 33.4 Å². The van der Waals surface area contributed by atoms with Gasteiger partial charge in [0.25, 0.3) is 0 Å². The summed E-state index contributed by atoms with van der Waals surface area (Å²) in [7, 11) is 1.86. The first-order chi connectivity index (χ1) is 11.1. The Labute approximate surface area is 163 Å². The van der Waals surface area contributed by atoms with Crippen molar-refractivity contribution in [2.24, 2.45) is 15.8 Å². The first-order valence-electron chi connectivity index (χ1n) is 9.28. The molecular weight excluding hydrogens is 417 g/mol. The highest BCUT2D eigenvalue weighted by atomic mass is 127. The van der Waals surface area contributed by atoms with Crippen LogP contribution in [0, 0.1) is 10.8 Å². The van der Waals surface area contributed by atoms with Crippen LogP contribution in [0.1, 0.15) is 52.4 Å². The predicted molar refractivity (Wildman–Crippen MR) is 108 cm³/mol. The zero-order chi connectivity index (χ0) is 16.3. The fourth-order valence-electron chi connectivity index (χ4n) is 4.48. The van der Waals surface area contributed by atoms with Gasteiger partial charge in [0.15, 0.2) is 5.96 Å². The number of nitrogens with zero attached hydrogens (tertiary/aromatic N) is 1. The zero-order valence-corrected chi connectivity index (χ0v) is 17.7. The third-order valence-electron chi connectivity index (χ3n) is 6.06. The van der Waals surface area contributed by atoms with E-state index in [9.17, 15) is 0 Å². The average Bonchev–Trinajstić information content (AvgIpc) is 2.55. The van der Waals surface area contributed by atoms with Gasteiger partial charge in [0, 0.05) is 37.1 Å². The lowest BCUT2D eigenvalue weighted by Gasteiger charge is -2.58. The molecule has 1 aliphatic heterocycles. The number of rotatable bonds is 5. The van der Waals surface area contributed by atoms with E-state index in [4.69, 9.17) is 9.47 Å². The molecule has 3 aliphatic rings. The molecule has 6 heteroatoms. The minimum atomic E-state index is 0. The summed E-state index contributed by atoms with van der Waals surface area (Å²) in [6.07, 6.45) is 8.16. The van der Waals surface area contributed by atoms with Crippen LogP contribution >= 0.6 is 24.0 Å². The maximum Gasteiger partial charge on any atom is 0.191 e. The number of hydrogen-bond donors (Lipinski definition) is 2. The molecule has 0 aromatic rings. The van der Waals surface area contributed by atoms with Crippen molar-refractivity contribution in [1.29, 1.82) is 0 Å². The summed E-state index contributed by atoms with van der Waals surface area (Å²) in [6, 6.07) is 0.496. The van der Waals surface area contributed by atoms with Gasteiger partial charge in [-0.2, -0.15) is 0 Å². The Morgan fingerprint density at radius 3 is 2.50 bits per heavy atom. The Balaban J connectivity index is 0.00000208. The van der Waals surface area contributed by atoms with Gasteiger partial charge in [0.1, 0.15) is 0 Å². The molecule has 0 radical (unpaired) electrons. The molecule has 1 heterocycles. The van der Waals surface area contributed by atoms with Gasteiger partial charge in [-0.05, 0) is 26.2 Å². The molecule has 2 saturated carbocycles. The van der Waals surface area contributed by atoms with E-state index in [1.54, 1.807) is 0 Å². The normalized spacial score (nSPS) is 30.7. The van der Waals surface area contributed by atoms with Crippen molar-refractivity contribution in [2.45, 2.75) is 64.5 Å². The fourth-order valence-corrected chi connectivity index (χ4v) is 4.48. The standard InChI is InChI=1S/C18H33N3O2.HI/c1-4-23-15-10-14(18(15)8-6-5-7-9-18)21-16(19-3)20-11-17(2)12-22-13-17;/h14-15H,4-13H2,1-3H3,(H2,19,20,21);1H. The molecule has 1 saturated heterocycles. The van der Waals surface area contributed by atoms with E-state index in [0.717, 1.165) is 38.7 Å². The van der Waals surface area contributed by atoms with Crippen LogP contribution in [0.15, 0.2) is 4.99 Å². The smallest absolute Gasteiger partial charge is 0.191 e. The summed E-state index contributed by atoms with van der Waals surface area (Å²) in [5.74, 6) is 0.933. The Morgan fingerprint density at radius 1 is 1.25 bits per heavy atom. The van der Waals surface area contributed by atoms with E-state index in [-0.39, 0.29) is 29.4 Å². The third kappa shape index (κ3) is 4.01. The van der Waals surface area contributed by atoms with Crippen LogP contribution in [0.4, 0.5) is 0 Å². The van der Waals surface area contributed by atoms with Crippen LogP contribution < -0.4 is 10.6 Å². The van der Waals surface area contributed by atoms with Crippen LogP contribution in [0.3, 0.4) is 0 Å². The summed E-state index contributed by atoms with van der Waals surface area (Å²) in [4.78, 5) is 4.43. The summed E-state index contributed by atoms with van der Waals surface area (Å²) in [5.41, 5.74) is 0.586. The highest BCUT2D eigenvalue weighted by molar-refractivity contribution is 14.0. The lowest BCUT2D eigenvalue weighted by atomic mass is 9.55. The summed E-state index contributed by atoms with van der Waals surface area (Å²) in [6.45, 7) is 7.80. The SMILES string of the molecule is CCOC1CC(NC(=NC)NCC2(C)COC2)C12CCCCC2.I. The Morgan fingerprint density at radius 2 is 1.96 bits per heavy atom. The number of ether oxygens (including phenoxy) is 2. The van der Waals surface area contributed by atoms with Crippen LogP contribution in [0.25, 0.3) is 0 Å². The molecule has 1 spiro atoms. The van der Waals surface area contributed by atoms with Crippen molar-refractivity contribution >= 4 is 29.9 Å². The van der Waals surface area contributed by atoms with Crippen molar-refractivity contribution in [3.63, 3.8) is 0 Å². The topological polar surface area (TPSA) is 54.9 Å². The molecule has 3 rings (SSSR count). The minimum Gasteiger partial charge on any atom is -0.380 e. The molecule has 24 heavy (non-hydrogen) atoms. The number of halogens is 1. The average molecular weight is 451 g/mol. The van der Waals surface area contributed by atoms with Gasteiger partial charge in [0.2, 0.25) is 0 Å². The first-order valence-corrected chi connectivity index (χ1v) is 9.28. The van der Waals surface area contributed by atoms with Gasteiger partial charge >= 0.3 is 0 Å². The van der Waals surface area contributed by atoms with Gasteiger partial charge in [-0.15, -0.1) is 24.0 Å². The van der Waals surface area contributed by atoms with E-state index in [1.807, 2.05) is 7.05 Å². The van der Waals surface area contributed by atoms with Gasteiger partial charge in [0.05, 0.1) is 19.3 Å². The van der Waals surface area contributed by atoms with E-state index in [1.165, 1.54) is 32.1 Å². The molecule has 140 valence electrons. The summed E-state index contributed by atoms with van der Waals surface area (Å²) >= 11 is 0. The second kappa shape index (κ2) is 8.54. The molecule has 0 amide bonds. The van der Waals surface area contributed by atoms with Crippen molar-refractivity contribution < 1.29 is 9.47 Å². The monoisotopic (exact) mass is 451 g/mol. The van der Waals surface area contributed by atoms with E-state index >= 15 is 0 Å². The molecule has 2 aliphatic carbocycles. The molecule has 2 unspecified atom stereocenters. The molecule has 0 bridgehead atoms. The first kappa shape index (κ1) is 20.2. The van der Waals surface area contributed by atoms with E-state index < -0.39 is 0 Å². The maximum absolute atomic E-state index is 6.04. The van der Waals surface area contributed by atoms with Crippen LogP contribution in [0.2, 0.25) is 0 Å². The third-order valence-corrected chi connectivity index (χ3v) is 6.06. The van der Waals surface area contributed by atoms with Crippen LogP contribution in [0.5, 0.6) is 0 Å². The molecular formula is C18H34IN3O2. The van der Waals surface area contributed by atoms with E-state index in [2.05, 4.69) is 29.5 Å². The zero-order valence-electron chi connectivity index (χ0n) is 15.4. The van der Waals surface area contributed by atoms with Gasteiger partial charge in [-0.25, -0.2) is 0 Å². The lowest BCUT2D eigenvalue weighted by molar-refractivity contribution is -0.145. The van der Waals surface area contributed by atoms with Crippen molar-refractivity contribution in [3.8, 4) is 0 Å². The molecule has 2 N–H and O–H groups in total. The lowest BCUT2D eigenvalue weighted by Crippen LogP contribution is -2.67. The fraction of sp³-hybridized carbons (Fsp3) is 0.944. The predicted octanol–water partition coefficient (Wildman–Crippen LogP) is 2.93. The van der Waals surface area contributed by atoms with Crippen molar-refractivity contribution in [1.82, 2.24) is 10.6 Å². The van der Waals surface area contributed by atoms with Crippen LogP contribution in [-0.4, -0.2) is 51.5 Å². The summed E-state index contributed by atoms with van der Waals surface area (Å²) in [5, 5.41) is 7.19. The Hall–Kier alpha value is -0.0800. The second-order valence-electron chi connectivity index (χ2n) is 7.90. The number of aliphatic imine (C=N–C) groups is 1. The van der Waals surface area contributed by atoms with Gasteiger partial charge in [-0.1, -0.05) is 26.2 Å². The minimum absolute atomic E-state index is 0. The largest absolute Gasteiger partial charge is 0.380 e. The Bertz CT molecular complexity index is 434. The highest BCUT2D eigenvalue weighted by Crippen LogP contribution is 2.53. The van der Waals surface area contributed by atoms with Gasteiger partial charge < -0.3 is 20.1 Å². The van der Waals surface area contributed by atoms with E-state index in [0.29, 0.717) is 17.6 Å². The summed E-state index contributed by atoms with van der Waals surface area (Å²) < 4.78 is 11.4. The van der Waals surface area contributed by atoms with Gasteiger partial charge in [-0.3, -0.25) is 4.99 Å². The highest BCUT2D eigenvalue weighted by Gasteiger charge is 2.55. The number of guanidine groups is 1. The van der Waals surface area contributed by atoms with Crippen molar-refractivity contribution in [3.05, 3.63) is 0 Å². The molecule has 2 atom stereocenters. The molecule has 5 nitrogen and oxygen atoms in total. The number of hydrogen-bond acceptors (Lipinski definition) is 3. The molecule has 0 aromatic heterocycles. The maximum atomic E-state index is 6.04. The second-order valence-corrected chi connectivity index (χ2v) is 7.90. The molecule has 0 aromatic carbocycles. The quantitative estimate of drug-likeness (QED) is 0.384. The number of nitrogens with one attached hydrogen (secondary N) is 2. The van der Waals surface area contributed by atoms with Crippen LogP contribution in [-0.2, 0) is 9.47 Å². The molecule has 3 fully saturated rings.